The number of fused-ring (bicyclic) bond motifs is 1. The number of pyridine rings is 1. The zero-order valence-electron chi connectivity index (χ0n) is 14.0. The molecule has 0 radical (unpaired) electrons. The summed E-state index contributed by atoms with van der Waals surface area (Å²) in [5.74, 6) is -1.34. The summed E-state index contributed by atoms with van der Waals surface area (Å²) in [6, 6.07) is 3.71. The second-order valence-electron chi connectivity index (χ2n) is 6.35. The van der Waals surface area contributed by atoms with E-state index >= 15 is 0 Å². The molecule has 0 aliphatic rings. The summed E-state index contributed by atoms with van der Waals surface area (Å²) in [7, 11) is 0. The third kappa shape index (κ3) is 5.04. The Kier molecular flexibility index (Phi) is 5.54. The summed E-state index contributed by atoms with van der Waals surface area (Å²) >= 11 is 0. The number of aromatic nitrogens is 1. The largest absolute Gasteiger partial charge is 0.444 e. The van der Waals surface area contributed by atoms with Gasteiger partial charge in [0.2, 0.25) is 0 Å². The van der Waals surface area contributed by atoms with Gasteiger partial charge in [-0.1, -0.05) is 0 Å². The normalized spacial score (nSPS) is 11.4. The minimum absolute atomic E-state index is 0.119. The predicted molar refractivity (Wildman–Crippen MR) is 89.0 cm³/mol. The van der Waals surface area contributed by atoms with E-state index in [1.807, 2.05) is 0 Å². The van der Waals surface area contributed by atoms with Crippen LogP contribution in [-0.2, 0) is 4.74 Å². The summed E-state index contributed by atoms with van der Waals surface area (Å²) in [6.07, 6.45) is 1.62. The van der Waals surface area contributed by atoms with Gasteiger partial charge >= 0.3 is 6.09 Å². The molecule has 1 aromatic heterocycles. The molecule has 0 spiro atoms. The zero-order chi connectivity index (χ0) is 17.7. The quantitative estimate of drug-likeness (QED) is 0.814. The lowest BCUT2D eigenvalue weighted by Crippen LogP contribution is -2.33. The van der Waals surface area contributed by atoms with Crippen molar-refractivity contribution in [2.45, 2.75) is 32.8 Å². The molecule has 0 fully saturated rings. The Labute approximate surface area is 139 Å². The highest BCUT2D eigenvalue weighted by molar-refractivity contribution is 5.91. The maximum absolute atomic E-state index is 13.7. The van der Waals surface area contributed by atoms with Gasteiger partial charge in [-0.3, -0.25) is 4.98 Å². The molecule has 2 rings (SSSR count). The van der Waals surface area contributed by atoms with Crippen LogP contribution in [0, 0.1) is 11.6 Å². The van der Waals surface area contributed by atoms with Crippen molar-refractivity contribution in [3.63, 3.8) is 0 Å². The van der Waals surface area contributed by atoms with Crippen LogP contribution in [0.1, 0.15) is 27.2 Å². The molecule has 0 bridgehead atoms. The Morgan fingerprint density at radius 3 is 2.71 bits per heavy atom. The molecular weight excluding hydrogens is 316 g/mol. The third-order valence-corrected chi connectivity index (χ3v) is 3.10. The van der Waals surface area contributed by atoms with Crippen LogP contribution in [0.5, 0.6) is 0 Å². The fourth-order valence-electron chi connectivity index (χ4n) is 2.15. The standard InChI is InChI=1S/C17H21F2N3O2/c1-17(2,3)24-16(23)22-7-4-6-20-14-5-8-21-15-12(14)9-11(18)10-13(15)19/h5,8-10H,4,6-7H2,1-3H3,(H,20,21)(H,22,23). The maximum Gasteiger partial charge on any atom is 0.407 e. The fourth-order valence-corrected chi connectivity index (χ4v) is 2.15. The van der Waals surface area contributed by atoms with Crippen molar-refractivity contribution >= 4 is 22.7 Å². The maximum atomic E-state index is 13.7. The number of ether oxygens (including phenoxy) is 1. The Hall–Kier alpha value is -2.44. The molecule has 130 valence electrons. The molecule has 7 heteroatoms. The van der Waals surface area contributed by atoms with Gasteiger partial charge in [0.15, 0.2) is 5.82 Å². The first-order chi connectivity index (χ1) is 11.3. The summed E-state index contributed by atoms with van der Waals surface area (Å²) in [5.41, 5.74) is 0.177. The molecule has 2 aromatic rings. The van der Waals surface area contributed by atoms with Crippen LogP contribution in [-0.4, -0.2) is 29.8 Å². The van der Waals surface area contributed by atoms with Crippen LogP contribution in [0.15, 0.2) is 24.4 Å². The number of halogens is 2. The Morgan fingerprint density at radius 2 is 2.00 bits per heavy atom. The van der Waals surface area contributed by atoms with Crippen molar-refractivity contribution in [3.05, 3.63) is 36.0 Å². The molecule has 24 heavy (non-hydrogen) atoms. The first kappa shape index (κ1) is 17.9. The fraction of sp³-hybridized carbons (Fsp3) is 0.412. The second kappa shape index (κ2) is 7.42. The first-order valence-corrected chi connectivity index (χ1v) is 7.71. The van der Waals surface area contributed by atoms with E-state index in [0.717, 1.165) is 6.07 Å². The van der Waals surface area contributed by atoms with E-state index in [4.69, 9.17) is 4.74 Å². The van der Waals surface area contributed by atoms with Gasteiger partial charge in [-0.25, -0.2) is 13.6 Å². The number of hydrogen-bond donors (Lipinski definition) is 2. The van der Waals surface area contributed by atoms with E-state index in [1.165, 1.54) is 12.3 Å². The van der Waals surface area contributed by atoms with Gasteiger partial charge in [0.1, 0.15) is 16.9 Å². The van der Waals surface area contributed by atoms with Gasteiger partial charge in [-0.15, -0.1) is 0 Å². The molecule has 0 atom stereocenters. The van der Waals surface area contributed by atoms with E-state index in [0.29, 0.717) is 30.6 Å². The van der Waals surface area contributed by atoms with Crippen molar-refractivity contribution in [1.82, 2.24) is 10.3 Å². The average Bonchev–Trinajstić information content (AvgIpc) is 2.45. The predicted octanol–water partition coefficient (Wildman–Crippen LogP) is 3.84. The molecule has 2 N–H and O–H groups in total. The van der Waals surface area contributed by atoms with E-state index in [9.17, 15) is 13.6 Å². The zero-order valence-corrected chi connectivity index (χ0v) is 14.0. The van der Waals surface area contributed by atoms with Crippen LogP contribution in [0.3, 0.4) is 0 Å². The molecule has 0 saturated carbocycles. The lowest BCUT2D eigenvalue weighted by Gasteiger charge is -2.19. The van der Waals surface area contributed by atoms with Crippen molar-refractivity contribution in [3.8, 4) is 0 Å². The molecule has 1 amide bonds. The van der Waals surface area contributed by atoms with E-state index in [2.05, 4.69) is 15.6 Å². The molecule has 1 aromatic carbocycles. The molecule has 1 heterocycles. The van der Waals surface area contributed by atoms with Crippen LogP contribution in [0.2, 0.25) is 0 Å². The topological polar surface area (TPSA) is 63.2 Å². The van der Waals surface area contributed by atoms with Crippen molar-refractivity contribution in [2.24, 2.45) is 0 Å². The van der Waals surface area contributed by atoms with Gasteiger partial charge in [0, 0.05) is 36.4 Å². The summed E-state index contributed by atoms with van der Waals surface area (Å²) in [6.45, 7) is 6.32. The monoisotopic (exact) mass is 337 g/mol. The lowest BCUT2D eigenvalue weighted by molar-refractivity contribution is 0.0528. The number of nitrogens with zero attached hydrogens (tertiary/aromatic N) is 1. The number of amides is 1. The Bertz CT molecular complexity index is 730. The van der Waals surface area contributed by atoms with Crippen LogP contribution >= 0.6 is 0 Å². The summed E-state index contributed by atoms with van der Waals surface area (Å²) in [4.78, 5) is 15.4. The van der Waals surface area contributed by atoms with Gasteiger partial charge in [-0.05, 0) is 39.3 Å². The van der Waals surface area contributed by atoms with Crippen molar-refractivity contribution < 1.29 is 18.3 Å². The Morgan fingerprint density at radius 1 is 1.25 bits per heavy atom. The third-order valence-electron chi connectivity index (χ3n) is 3.10. The first-order valence-electron chi connectivity index (χ1n) is 7.71. The number of rotatable bonds is 5. The molecule has 0 aliphatic heterocycles. The lowest BCUT2D eigenvalue weighted by atomic mass is 10.1. The summed E-state index contributed by atoms with van der Waals surface area (Å²) < 4.78 is 32.2. The highest BCUT2D eigenvalue weighted by Crippen LogP contribution is 2.24. The van der Waals surface area contributed by atoms with E-state index in [-0.39, 0.29) is 5.52 Å². The minimum atomic E-state index is -0.694. The van der Waals surface area contributed by atoms with Crippen LogP contribution in [0.4, 0.5) is 19.3 Å². The molecule has 0 saturated heterocycles. The average molecular weight is 337 g/mol. The number of hydrogen-bond acceptors (Lipinski definition) is 4. The van der Waals surface area contributed by atoms with Gasteiger partial charge < -0.3 is 15.4 Å². The number of benzene rings is 1. The van der Waals surface area contributed by atoms with E-state index < -0.39 is 23.3 Å². The van der Waals surface area contributed by atoms with Gasteiger partial charge in [-0.2, -0.15) is 0 Å². The van der Waals surface area contributed by atoms with E-state index in [1.54, 1.807) is 26.8 Å². The minimum Gasteiger partial charge on any atom is -0.444 e. The smallest absolute Gasteiger partial charge is 0.407 e. The number of carbonyl (C=O) groups excluding carboxylic acids is 1. The van der Waals surface area contributed by atoms with Crippen molar-refractivity contribution in [1.29, 1.82) is 0 Å². The highest BCUT2D eigenvalue weighted by Gasteiger charge is 2.15. The molecule has 0 unspecified atom stereocenters. The number of anilines is 1. The molecular formula is C17H21F2N3O2. The highest BCUT2D eigenvalue weighted by atomic mass is 19.1. The van der Waals surface area contributed by atoms with Crippen LogP contribution < -0.4 is 10.6 Å². The molecule has 0 aliphatic carbocycles. The van der Waals surface area contributed by atoms with Gasteiger partial charge in [0.05, 0.1) is 0 Å². The Balaban J connectivity index is 1.87. The van der Waals surface area contributed by atoms with Gasteiger partial charge in [0.25, 0.3) is 0 Å². The number of nitrogens with one attached hydrogen (secondary N) is 2. The number of carbonyl (C=O) groups is 1. The number of alkyl carbamates (subject to hydrolysis) is 1. The summed E-state index contributed by atoms with van der Waals surface area (Å²) in [5, 5.41) is 6.13. The van der Waals surface area contributed by atoms with Crippen molar-refractivity contribution in [2.75, 3.05) is 18.4 Å². The second-order valence-corrected chi connectivity index (χ2v) is 6.35. The molecule has 5 nitrogen and oxygen atoms in total. The SMILES string of the molecule is CC(C)(C)OC(=O)NCCCNc1ccnc2c(F)cc(F)cc12. The van der Waals surface area contributed by atoms with Crippen LogP contribution in [0.25, 0.3) is 10.9 Å².